The molecule has 5 nitrogen and oxygen atoms in total. The highest BCUT2D eigenvalue weighted by Crippen LogP contribution is 2.43. The van der Waals surface area contributed by atoms with Crippen LogP contribution in [0.2, 0.25) is 0 Å². The average molecular weight is 747 g/mol. The lowest BCUT2D eigenvalue weighted by Crippen LogP contribution is -2.00. The first-order valence-corrected chi connectivity index (χ1v) is 19.8. The molecule has 0 bridgehead atoms. The maximum absolute atomic E-state index is 6.85. The van der Waals surface area contributed by atoms with E-state index in [-0.39, 0.29) is 0 Å². The van der Waals surface area contributed by atoms with E-state index in [4.69, 9.17) is 19.4 Å². The molecule has 57 heavy (non-hydrogen) atoms. The SMILES string of the molecule is c1ccc(-c2nc(-c3ccc4c(c3)oc3c(-n5c6ccccc6c6ccccc65)cccc34)nc(-c3cc(-c4ccccc4)c4c(c3)sc3ccccc34)n2)cc1. The first-order valence-electron chi connectivity index (χ1n) is 19.0. The largest absolute Gasteiger partial charge is 0.454 e. The van der Waals surface area contributed by atoms with Gasteiger partial charge in [-0.1, -0.05) is 133 Å². The van der Waals surface area contributed by atoms with E-state index in [0.29, 0.717) is 17.5 Å². The minimum atomic E-state index is 0.585. The highest BCUT2D eigenvalue weighted by molar-refractivity contribution is 7.26. The van der Waals surface area contributed by atoms with Crippen LogP contribution in [0.15, 0.2) is 186 Å². The topological polar surface area (TPSA) is 56.7 Å². The van der Waals surface area contributed by atoms with Crippen LogP contribution in [0.5, 0.6) is 0 Å². The molecule has 0 aliphatic rings. The molecule has 0 amide bonds. The molecule has 12 rings (SSSR count). The maximum atomic E-state index is 6.85. The molecule has 0 spiro atoms. The molecule has 0 fully saturated rings. The van der Waals surface area contributed by atoms with Crippen molar-refractivity contribution < 1.29 is 4.42 Å². The summed E-state index contributed by atoms with van der Waals surface area (Å²) in [4.78, 5) is 15.5. The number of rotatable bonds is 5. The fourth-order valence-electron chi connectivity index (χ4n) is 8.46. The Hall–Kier alpha value is -7.41. The molecule has 0 saturated carbocycles. The molecular weight excluding hydrogens is 717 g/mol. The smallest absolute Gasteiger partial charge is 0.164 e. The molecule has 0 unspecified atom stereocenters. The van der Waals surface area contributed by atoms with Gasteiger partial charge in [0.2, 0.25) is 0 Å². The van der Waals surface area contributed by atoms with E-state index in [2.05, 4.69) is 156 Å². The molecule has 0 aliphatic heterocycles. The summed E-state index contributed by atoms with van der Waals surface area (Å²) in [6, 6.07) is 63.7. The molecule has 266 valence electrons. The third-order valence-electron chi connectivity index (χ3n) is 11.0. The molecule has 0 atom stereocenters. The van der Waals surface area contributed by atoms with Gasteiger partial charge in [0, 0.05) is 58.4 Å². The Morgan fingerprint density at radius 1 is 0.404 bits per heavy atom. The van der Waals surface area contributed by atoms with E-state index >= 15 is 0 Å². The summed E-state index contributed by atoms with van der Waals surface area (Å²) in [6.07, 6.45) is 0. The van der Waals surface area contributed by atoms with Crippen LogP contribution in [0.25, 0.3) is 115 Å². The van der Waals surface area contributed by atoms with Crippen LogP contribution < -0.4 is 0 Å². The summed E-state index contributed by atoms with van der Waals surface area (Å²) >= 11 is 1.80. The fraction of sp³-hybridized carbons (Fsp3) is 0. The number of fused-ring (bicyclic) bond motifs is 9. The Morgan fingerprint density at radius 3 is 1.74 bits per heavy atom. The van der Waals surface area contributed by atoms with E-state index < -0.39 is 0 Å². The van der Waals surface area contributed by atoms with E-state index in [0.717, 1.165) is 66.5 Å². The van der Waals surface area contributed by atoms with E-state index in [1.54, 1.807) is 11.3 Å². The van der Waals surface area contributed by atoms with Gasteiger partial charge in [-0.3, -0.25) is 0 Å². The summed E-state index contributed by atoms with van der Waals surface area (Å²) in [5.74, 6) is 1.82. The summed E-state index contributed by atoms with van der Waals surface area (Å²) in [5, 5.41) is 7.03. The standard InChI is InChI=1S/C51H30N4OS/c1-3-14-31(15-4-1)40-28-34(30-46-47(40)39-20-9-12-25-45(39)57-46)51-53-49(32-16-5-2-6-17-32)52-50(54-51)33-26-27-37-38-21-13-24-43(48(38)56-44(37)29-33)55-41-22-10-7-18-35(41)36-19-8-11-23-42(36)55/h1-30H. The van der Waals surface area contributed by atoms with Crippen LogP contribution in [0.1, 0.15) is 0 Å². The third-order valence-corrected chi connectivity index (χ3v) is 12.2. The van der Waals surface area contributed by atoms with E-state index in [9.17, 15) is 0 Å². The van der Waals surface area contributed by atoms with E-state index in [1.807, 2.05) is 30.3 Å². The second-order valence-corrected chi connectivity index (χ2v) is 15.5. The zero-order valence-corrected chi connectivity index (χ0v) is 31.2. The van der Waals surface area contributed by atoms with Crippen molar-refractivity contribution in [1.82, 2.24) is 19.5 Å². The van der Waals surface area contributed by atoms with Crippen molar-refractivity contribution in [2.45, 2.75) is 0 Å². The number of benzene rings is 8. The molecule has 4 heterocycles. The monoisotopic (exact) mass is 746 g/mol. The molecule has 6 heteroatoms. The number of thiophene rings is 1. The van der Waals surface area contributed by atoms with Crippen LogP contribution >= 0.6 is 11.3 Å². The fourth-order valence-corrected chi connectivity index (χ4v) is 9.63. The second-order valence-electron chi connectivity index (χ2n) is 14.4. The first-order chi connectivity index (χ1) is 28.2. The lowest BCUT2D eigenvalue weighted by atomic mass is 9.97. The Balaban J connectivity index is 1.06. The lowest BCUT2D eigenvalue weighted by molar-refractivity contribution is 0.666. The number of hydrogen-bond acceptors (Lipinski definition) is 5. The second kappa shape index (κ2) is 12.6. The van der Waals surface area contributed by atoms with Crippen LogP contribution in [-0.4, -0.2) is 19.5 Å². The van der Waals surface area contributed by atoms with Crippen molar-refractivity contribution in [2.75, 3.05) is 0 Å². The molecule has 0 saturated heterocycles. The molecule has 0 N–H and O–H groups in total. The van der Waals surface area contributed by atoms with Crippen LogP contribution in [0.4, 0.5) is 0 Å². The van der Waals surface area contributed by atoms with Crippen LogP contribution in [0.3, 0.4) is 0 Å². The highest BCUT2D eigenvalue weighted by Gasteiger charge is 2.20. The molecule has 12 aromatic rings. The minimum Gasteiger partial charge on any atom is -0.454 e. The van der Waals surface area contributed by atoms with Crippen molar-refractivity contribution in [2.24, 2.45) is 0 Å². The number of hydrogen-bond donors (Lipinski definition) is 0. The van der Waals surface area contributed by atoms with Crippen molar-refractivity contribution in [1.29, 1.82) is 0 Å². The van der Waals surface area contributed by atoms with Gasteiger partial charge in [-0.15, -0.1) is 11.3 Å². The van der Waals surface area contributed by atoms with Crippen molar-refractivity contribution >= 4 is 75.3 Å². The van der Waals surface area contributed by atoms with Gasteiger partial charge in [-0.05, 0) is 59.7 Å². The molecular formula is C51H30N4OS. The lowest BCUT2D eigenvalue weighted by Gasteiger charge is -2.11. The predicted octanol–water partition coefficient (Wildman–Crippen LogP) is 13.9. The maximum Gasteiger partial charge on any atom is 0.164 e. The Morgan fingerprint density at radius 2 is 1.00 bits per heavy atom. The number of aromatic nitrogens is 4. The molecule has 8 aromatic carbocycles. The normalized spacial score (nSPS) is 11.9. The van der Waals surface area contributed by atoms with Crippen molar-refractivity contribution in [3.8, 4) is 51.0 Å². The number of nitrogens with zero attached hydrogens (tertiary/aromatic N) is 4. The highest BCUT2D eigenvalue weighted by atomic mass is 32.1. The van der Waals surface area contributed by atoms with Gasteiger partial charge in [-0.25, -0.2) is 15.0 Å². The zero-order chi connectivity index (χ0) is 37.5. The van der Waals surface area contributed by atoms with Gasteiger partial charge in [0.25, 0.3) is 0 Å². The average Bonchev–Trinajstić information content (AvgIpc) is 3.96. The summed E-state index contributed by atoms with van der Waals surface area (Å²) in [6.45, 7) is 0. The van der Waals surface area contributed by atoms with Gasteiger partial charge in [-0.2, -0.15) is 0 Å². The predicted molar refractivity (Wildman–Crippen MR) is 236 cm³/mol. The van der Waals surface area contributed by atoms with Gasteiger partial charge < -0.3 is 8.98 Å². The molecule has 0 aliphatic carbocycles. The first kappa shape index (κ1) is 31.9. The Labute approximate surface area is 330 Å². The van der Waals surface area contributed by atoms with Gasteiger partial charge in [0.15, 0.2) is 23.1 Å². The summed E-state index contributed by atoms with van der Waals surface area (Å²) in [5.41, 5.74) is 9.93. The van der Waals surface area contributed by atoms with Gasteiger partial charge >= 0.3 is 0 Å². The molecule has 4 aromatic heterocycles. The Bertz CT molecular complexity index is 3470. The van der Waals surface area contributed by atoms with Gasteiger partial charge in [0.05, 0.1) is 16.7 Å². The number of furan rings is 1. The summed E-state index contributed by atoms with van der Waals surface area (Å²) in [7, 11) is 0. The summed E-state index contributed by atoms with van der Waals surface area (Å²) < 4.78 is 11.6. The quantitative estimate of drug-likeness (QED) is 0.176. The van der Waals surface area contributed by atoms with Crippen LogP contribution in [0, 0.1) is 0 Å². The van der Waals surface area contributed by atoms with Crippen molar-refractivity contribution in [3.63, 3.8) is 0 Å². The zero-order valence-electron chi connectivity index (χ0n) is 30.4. The number of para-hydroxylation sites is 3. The van der Waals surface area contributed by atoms with E-state index in [1.165, 1.54) is 30.9 Å². The Kier molecular flexibility index (Phi) is 7.03. The van der Waals surface area contributed by atoms with Crippen molar-refractivity contribution in [3.05, 3.63) is 182 Å². The third kappa shape index (κ3) is 5.04. The van der Waals surface area contributed by atoms with Crippen LogP contribution in [-0.2, 0) is 0 Å². The van der Waals surface area contributed by atoms with Gasteiger partial charge in [0.1, 0.15) is 5.58 Å². The molecule has 0 radical (unpaired) electrons. The minimum absolute atomic E-state index is 0.585.